The Kier molecular flexibility index (Phi) is 4.14. The average molecular weight is 336 g/mol. The maximum atomic E-state index is 12.7. The van der Waals surface area contributed by atoms with E-state index >= 15 is 0 Å². The Balaban J connectivity index is 1.97. The van der Waals surface area contributed by atoms with E-state index in [2.05, 4.69) is 15.2 Å². The molecule has 8 nitrogen and oxygen atoms in total. The van der Waals surface area contributed by atoms with Crippen molar-refractivity contribution >= 4 is 15.7 Å². The highest BCUT2D eigenvalue weighted by atomic mass is 32.2. The third-order valence-electron chi connectivity index (χ3n) is 3.68. The third kappa shape index (κ3) is 3.10. The van der Waals surface area contributed by atoms with Crippen molar-refractivity contribution in [3.8, 4) is 0 Å². The van der Waals surface area contributed by atoms with E-state index in [1.807, 2.05) is 0 Å². The van der Waals surface area contributed by atoms with E-state index in [1.54, 1.807) is 29.4 Å². The molecule has 1 saturated heterocycles. The molecule has 0 radical (unpaired) electrons. The summed E-state index contributed by atoms with van der Waals surface area (Å²) in [6, 6.07) is 2.72. The second kappa shape index (κ2) is 6.09. The number of sulfone groups is 1. The van der Waals surface area contributed by atoms with Crippen LogP contribution in [-0.4, -0.2) is 60.4 Å². The molecule has 122 valence electrons. The first-order valence-corrected chi connectivity index (χ1v) is 8.89. The first-order chi connectivity index (χ1) is 11.0. The van der Waals surface area contributed by atoms with Gasteiger partial charge in [-0.15, -0.1) is 0 Å². The molecule has 2 aromatic rings. The second-order valence-electron chi connectivity index (χ2n) is 5.25. The standard InChI is InChI=1S/C14H16N4O4S/c1-23(20,21)12-8-16-17-13(12)11-9-22-7-6-18(11)14(19)10-2-4-15-5-3-10/h2-5,8,11H,6-7,9H2,1H3,(H,16,17). The zero-order valence-electron chi connectivity index (χ0n) is 12.5. The summed E-state index contributed by atoms with van der Waals surface area (Å²) in [5.41, 5.74) is 0.863. The number of carbonyl (C=O) groups excluding carboxylic acids is 1. The number of H-pyrrole nitrogens is 1. The number of nitrogens with one attached hydrogen (secondary N) is 1. The molecule has 1 fully saturated rings. The molecular weight excluding hydrogens is 320 g/mol. The molecule has 1 N–H and O–H groups in total. The number of ether oxygens (including phenoxy) is 1. The Morgan fingerprint density at radius 3 is 2.83 bits per heavy atom. The van der Waals surface area contributed by atoms with Gasteiger partial charge in [-0.1, -0.05) is 0 Å². The maximum Gasteiger partial charge on any atom is 0.254 e. The van der Waals surface area contributed by atoms with E-state index in [-0.39, 0.29) is 17.4 Å². The molecular formula is C14H16N4O4S. The second-order valence-corrected chi connectivity index (χ2v) is 7.23. The van der Waals surface area contributed by atoms with Gasteiger partial charge in [-0.3, -0.25) is 14.9 Å². The molecule has 9 heteroatoms. The summed E-state index contributed by atoms with van der Waals surface area (Å²) in [6.07, 6.45) is 5.45. The minimum Gasteiger partial charge on any atom is -0.377 e. The van der Waals surface area contributed by atoms with Crippen LogP contribution in [0.3, 0.4) is 0 Å². The first kappa shape index (κ1) is 15.6. The molecule has 1 unspecified atom stereocenters. The van der Waals surface area contributed by atoms with Crippen LogP contribution in [0, 0.1) is 0 Å². The molecule has 3 rings (SSSR count). The van der Waals surface area contributed by atoms with Crippen LogP contribution in [0.4, 0.5) is 0 Å². The van der Waals surface area contributed by atoms with Crippen LogP contribution in [0.15, 0.2) is 35.6 Å². The molecule has 3 heterocycles. The number of carbonyl (C=O) groups is 1. The van der Waals surface area contributed by atoms with Crippen LogP contribution >= 0.6 is 0 Å². The number of nitrogens with zero attached hydrogens (tertiary/aromatic N) is 3. The predicted octanol–water partition coefficient (Wildman–Crippen LogP) is 0.422. The van der Waals surface area contributed by atoms with Crippen LogP contribution in [0.1, 0.15) is 22.1 Å². The minimum atomic E-state index is -3.45. The van der Waals surface area contributed by atoms with Gasteiger partial charge in [0.2, 0.25) is 0 Å². The van der Waals surface area contributed by atoms with Crippen molar-refractivity contribution in [2.75, 3.05) is 26.0 Å². The lowest BCUT2D eigenvalue weighted by Crippen LogP contribution is -2.44. The van der Waals surface area contributed by atoms with Crippen LogP contribution in [0.2, 0.25) is 0 Å². The lowest BCUT2D eigenvalue weighted by atomic mass is 10.1. The summed E-state index contributed by atoms with van der Waals surface area (Å²) in [5.74, 6) is -0.199. The number of morpholine rings is 1. The zero-order valence-corrected chi connectivity index (χ0v) is 13.3. The number of aromatic nitrogens is 3. The molecule has 0 aliphatic carbocycles. The first-order valence-electron chi connectivity index (χ1n) is 7.00. The summed E-state index contributed by atoms with van der Waals surface area (Å²) in [7, 11) is -3.45. The smallest absolute Gasteiger partial charge is 0.254 e. The quantitative estimate of drug-likeness (QED) is 0.871. The Morgan fingerprint density at radius 1 is 1.39 bits per heavy atom. The Hall–Kier alpha value is -2.26. The van der Waals surface area contributed by atoms with Gasteiger partial charge in [0.05, 0.1) is 31.1 Å². The molecule has 23 heavy (non-hydrogen) atoms. The summed E-state index contributed by atoms with van der Waals surface area (Å²) < 4.78 is 29.2. The third-order valence-corrected chi connectivity index (χ3v) is 4.81. The van der Waals surface area contributed by atoms with Gasteiger partial charge < -0.3 is 9.64 Å². The fourth-order valence-electron chi connectivity index (χ4n) is 2.57. The molecule has 0 saturated carbocycles. The SMILES string of the molecule is CS(=O)(=O)c1cn[nH]c1C1COCCN1C(=O)c1ccncc1. The van der Waals surface area contributed by atoms with Crippen molar-refractivity contribution in [2.24, 2.45) is 0 Å². The number of hydrogen-bond acceptors (Lipinski definition) is 6. The zero-order chi connectivity index (χ0) is 16.4. The maximum absolute atomic E-state index is 12.7. The normalized spacial score (nSPS) is 18.8. The Bertz CT molecular complexity index is 803. The van der Waals surface area contributed by atoms with Gasteiger partial charge in [0, 0.05) is 30.8 Å². The van der Waals surface area contributed by atoms with Crippen LogP contribution in [0.25, 0.3) is 0 Å². The average Bonchev–Trinajstić information content (AvgIpc) is 3.05. The summed E-state index contributed by atoms with van der Waals surface area (Å²) in [5, 5.41) is 6.53. The highest BCUT2D eigenvalue weighted by Gasteiger charge is 2.33. The van der Waals surface area contributed by atoms with Crippen molar-refractivity contribution < 1.29 is 17.9 Å². The Morgan fingerprint density at radius 2 is 2.13 bits per heavy atom. The fourth-order valence-corrected chi connectivity index (χ4v) is 3.39. The Labute approximate surface area is 133 Å². The van der Waals surface area contributed by atoms with E-state index < -0.39 is 15.9 Å². The summed E-state index contributed by atoms with van der Waals surface area (Å²) in [4.78, 5) is 18.3. The molecule has 1 amide bonds. The minimum absolute atomic E-state index is 0.0838. The van der Waals surface area contributed by atoms with Gasteiger partial charge in [0.25, 0.3) is 5.91 Å². The number of aromatic amines is 1. The predicted molar refractivity (Wildman–Crippen MR) is 80.5 cm³/mol. The van der Waals surface area contributed by atoms with Crippen molar-refractivity contribution in [3.05, 3.63) is 42.0 Å². The van der Waals surface area contributed by atoms with Gasteiger partial charge in [0.1, 0.15) is 4.90 Å². The van der Waals surface area contributed by atoms with E-state index in [4.69, 9.17) is 4.74 Å². The van der Waals surface area contributed by atoms with Crippen molar-refractivity contribution in [3.63, 3.8) is 0 Å². The van der Waals surface area contributed by atoms with E-state index in [1.165, 1.54) is 6.20 Å². The lowest BCUT2D eigenvalue weighted by Gasteiger charge is -2.35. The molecule has 1 aliphatic rings. The number of pyridine rings is 1. The topological polar surface area (TPSA) is 105 Å². The summed E-state index contributed by atoms with van der Waals surface area (Å²) >= 11 is 0. The van der Waals surface area contributed by atoms with Gasteiger partial charge in [-0.05, 0) is 12.1 Å². The monoisotopic (exact) mass is 336 g/mol. The fraction of sp³-hybridized carbons (Fsp3) is 0.357. The highest BCUT2D eigenvalue weighted by molar-refractivity contribution is 7.90. The van der Waals surface area contributed by atoms with E-state index in [0.29, 0.717) is 24.4 Å². The summed E-state index contributed by atoms with van der Waals surface area (Å²) in [6.45, 7) is 0.977. The molecule has 2 aromatic heterocycles. The van der Waals surface area contributed by atoms with Crippen molar-refractivity contribution in [1.82, 2.24) is 20.1 Å². The van der Waals surface area contributed by atoms with Crippen LogP contribution in [-0.2, 0) is 14.6 Å². The van der Waals surface area contributed by atoms with Crippen molar-refractivity contribution in [2.45, 2.75) is 10.9 Å². The molecule has 1 atom stereocenters. The van der Waals surface area contributed by atoms with Crippen LogP contribution in [0.5, 0.6) is 0 Å². The van der Waals surface area contributed by atoms with E-state index in [9.17, 15) is 13.2 Å². The number of rotatable bonds is 3. The van der Waals surface area contributed by atoms with Gasteiger partial charge in [-0.25, -0.2) is 8.42 Å². The highest BCUT2D eigenvalue weighted by Crippen LogP contribution is 2.28. The number of amides is 1. The largest absolute Gasteiger partial charge is 0.377 e. The van der Waals surface area contributed by atoms with Gasteiger partial charge >= 0.3 is 0 Å². The van der Waals surface area contributed by atoms with Crippen LogP contribution < -0.4 is 0 Å². The molecule has 0 bridgehead atoms. The van der Waals surface area contributed by atoms with Gasteiger partial charge in [-0.2, -0.15) is 5.10 Å². The molecule has 0 aromatic carbocycles. The van der Waals surface area contributed by atoms with Crippen molar-refractivity contribution in [1.29, 1.82) is 0 Å². The number of hydrogen-bond donors (Lipinski definition) is 1. The molecule has 1 aliphatic heterocycles. The lowest BCUT2D eigenvalue weighted by molar-refractivity contribution is -0.00468. The van der Waals surface area contributed by atoms with Gasteiger partial charge in [0.15, 0.2) is 9.84 Å². The molecule has 0 spiro atoms. The van der Waals surface area contributed by atoms with E-state index in [0.717, 1.165) is 6.26 Å².